The van der Waals surface area contributed by atoms with E-state index in [9.17, 15) is 31.5 Å². The van der Waals surface area contributed by atoms with Gasteiger partial charge in [0.05, 0.1) is 39.9 Å². The van der Waals surface area contributed by atoms with Gasteiger partial charge in [0, 0.05) is 30.3 Å². The summed E-state index contributed by atoms with van der Waals surface area (Å²) in [5.41, 5.74) is 0.652. The van der Waals surface area contributed by atoms with Gasteiger partial charge >= 0.3 is 13.2 Å². The summed E-state index contributed by atoms with van der Waals surface area (Å²) in [6, 6.07) is 4.65. The molecule has 2 aromatic heterocycles. The number of nitrogens with zero attached hydrogens (tertiary/aromatic N) is 4. The Morgan fingerprint density at radius 1 is 1.14 bits per heavy atom. The van der Waals surface area contributed by atoms with Gasteiger partial charge in [-0.2, -0.15) is 22.7 Å². The number of hydrogen-bond acceptors (Lipinski definition) is 5. The first-order chi connectivity index (χ1) is 20.0. The summed E-state index contributed by atoms with van der Waals surface area (Å²) in [5.74, 6) is -2.79. The van der Waals surface area contributed by atoms with Gasteiger partial charge in [-0.1, -0.05) is 24.9 Å². The van der Waals surface area contributed by atoms with E-state index in [0.29, 0.717) is 35.2 Å². The number of carbonyl (C=O) groups excluding carboxylic acids is 2. The fourth-order valence-corrected chi connectivity index (χ4v) is 5.48. The number of carbonyl (C=O) groups is 2. The van der Waals surface area contributed by atoms with Crippen LogP contribution >= 0.6 is 11.6 Å². The highest BCUT2D eigenvalue weighted by molar-refractivity contribution is 6.31. The van der Waals surface area contributed by atoms with Crippen molar-refractivity contribution in [2.45, 2.75) is 51.8 Å². The molecule has 0 radical (unpaired) electrons. The molecule has 3 aromatic rings. The van der Waals surface area contributed by atoms with E-state index in [4.69, 9.17) is 11.6 Å². The van der Waals surface area contributed by atoms with Gasteiger partial charge in [-0.3, -0.25) is 14.6 Å². The zero-order valence-corrected chi connectivity index (χ0v) is 22.9. The normalized spacial score (nSPS) is 19.6. The molecule has 2 bridgehead atoms. The quantitative estimate of drug-likeness (QED) is 0.320. The second kappa shape index (κ2) is 12.1. The topological polar surface area (TPSA) is 89.3 Å². The van der Waals surface area contributed by atoms with Gasteiger partial charge < -0.3 is 15.0 Å². The standard InChI is InChI=1S/C28H25ClF5N5O3/c1-14-3-2-4-20(18-11-16(7-9-35-18)25-19(37-26(14)41)13-36-39(25)27(31)32)38-10-8-15(12-22(38)40)23-21(42-28(33)34)6-5-17(29)24(23)30/h5-7,9,11-14,20,27-28H,2-4,8,10H2,1H3,(H,37,41)/t14-,20+/m1/s1. The first kappa shape index (κ1) is 29.5. The number of fused-ring (bicyclic) bond motifs is 4. The summed E-state index contributed by atoms with van der Waals surface area (Å²) in [6.07, 6.45) is 5.16. The van der Waals surface area contributed by atoms with E-state index in [1.54, 1.807) is 13.0 Å². The minimum absolute atomic E-state index is 0.0105. The van der Waals surface area contributed by atoms with Crippen molar-refractivity contribution in [3.63, 3.8) is 0 Å². The summed E-state index contributed by atoms with van der Waals surface area (Å²) in [5, 5.41) is 6.14. The zero-order valence-electron chi connectivity index (χ0n) is 22.2. The summed E-state index contributed by atoms with van der Waals surface area (Å²) < 4.78 is 73.7. The van der Waals surface area contributed by atoms with Crippen molar-refractivity contribution in [1.29, 1.82) is 0 Å². The van der Waals surface area contributed by atoms with Crippen molar-refractivity contribution < 1.29 is 36.3 Å². The second-order valence-electron chi connectivity index (χ2n) is 10.00. The van der Waals surface area contributed by atoms with E-state index in [1.165, 1.54) is 17.2 Å². The Balaban J connectivity index is 1.54. The van der Waals surface area contributed by atoms with E-state index in [-0.39, 0.29) is 46.4 Å². The summed E-state index contributed by atoms with van der Waals surface area (Å²) in [7, 11) is 0. The zero-order chi connectivity index (χ0) is 30.1. The average molecular weight is 610 g/mol. The van der Waals surface area contributed by atoms with Gasteiger partial charge in [-0.25, -0.2) is 9.07 Å². The first-order valence-corrected chi connectivity index (χ1v) is 13.5. The van der Waals surface area contributed by atoms with Gasteiger partial charge in [0.25, 0.3) is 0 Å². The number of ether oxygens (including phenoxy) is 1. The van der Waals surface area contributed by atoms with Gasteiger partial charge in [0.15, 0.2) is 5.82 Å². The van der Waals surface area contributed by atoms with Gasteiger partial charge in [-0.15, -0.1) is 0 Å². The third-order valence-electron chi connectivity index (χ3n) is 7.37. The number of rotatable bonds is 5. The minimum atomic E-state index is -3.22. The number of nitrogens with one attached hydrogen (secondary N) is 1. The van der Waals surface area contributed by atoms with E-state index in [1.807, 2.05) is 0 Å². The number of alkyl halides is 4. The number of aromatic nitrogens is 3. The molecule has 42 heavy (non-hydrogen) atoms. The summed E-state index contributed by atoms with van der Waals surface area (Å²) in [4.78, 5) is 32.3. The highest BCUT2D eigenvalue weighted by Crippen LogP contribution is 2.40. The first-order valence-electron chi connectivity index (χ1n) is 13.1. The molecule has 0 aliphatic carbocycles. The Morgan fingerprint density at radius 2 is 1.93 bits per heavy atom. The largest absolute Gasteiger partial charge is 0.434 e. The molecule has 0 saturated heterocycles. The second-order valence-corrected chi connectivity index (χ2v) is 10.4. The molecule has 0 unspecified atom stereocenters. The number of benzene rings is 1. The summed E-state index contributed by atoms with van der Waals surface area (Å²) >= 11 is 5.90. The number of amides is 2. The van der Waals surface area contributed by atoms with Crippen LogP contribution in [0.1, 0.15) is 56.5 Å². The average Bonchev–Trinajstić information content (AvgIpc) is 3.36. The van der Waals surface area contributed by atoms with Gasteiger partial charge in [-0.05, 0) is 49.1 Å². The van der Waals surface area contributed by atoms with Crippen molar-refractivity contribution in [1.82, 2.24) is 19.7 Å². The molecule has 1 N–H and O–H groups in total. The lowest BCUT2D eigenvalue weighted by molar-refractivity contribution is -0.129. The highest BCUT2D eigenvalue weighted by atomic mass is 35.5. The Labute approximate surface area is 242 Å². The number of anilines is 1. The van der Waals surface area contributed by atoms with E-state index in [0.717, 1.165) is 24.4 Å². The van der Waals surface area contributed by atoms with E-state index >= 15 is 0 Å². The van der Waals surface area contributed by atoms with E-state index in [2.05, 4.69) is 20.1 Å². The molecule has 14 heteroatoms. The Kier molecular flexibility index (Phi) is 8.48. The summed E-state index contributed by atoms with van der Waals surface area (Å²) in [6.45, 7) is -4.43. The molecule has 2 atom stereocenters. The molecule has 1 aromatic carbocycles. The van der Waals surface area contributed by atoms with Crippen molar-refractivity contribution in [3.05, 3.63) is 64.8 Å². The van der Waals surface area contributed by atoms with Crippen LogP contribution in [0.4, 0.5) is 27.6 Å². The molecule has 0 fully saturated rings. The monoisotopic (exact) mass is 609 g/mol. The highest BCUT2D eigenvalue weighted by Gasteiger charge is 2.32. The molecule has 0 spiro atoms. The third kappa shape index (κ3) is 5.83. The van der Waals surface area contributed by atoms with Crippen LogP contribution in [0.5, 0.6) is 5.75 Å². The Bertz CT molecular complexity index is 1550. The molecule has 0 saturated carbocycles. The molecule has 222 valence electrons. The molecule has 2 amide bonds. The van der Waals surface area contributed by atoms with Crippen LogP contribution in [0, 0.1) is 11.7 Å². The SMILES string of the molecule is C[C@@H]1CCC[C@H](N2CCC(c3c(OC(F)F)ccc(Cl)c3F)=CC2=O)c2cc(ccn2)-c2c(cnn2C(F)F)NC1=O. The van der Waals surface area contributed by atoms with Crippen LogP contribution in [0.15, 0.2) is 42.7 Å². The number of halogens is 6. The maximum Gasteiger partial charge on any atom is 0.387 e. The van der Waals surface area contributed by atoms with Crippen LogP contribution in [0.3, 0.4) is 0 Å². The van der Waals surface area contributed by atoms with E-state index < -0.39 is 42.6 Å². The molecule has 4 heterocycles. The van der Waals surface area contributed by atoms with Crippen LogP contribution in [0.2, 0.25) is 5.02 Å². The smallest absolute Gasteiger partial charge is 0.387 e. The van der Waals surface area contributed by atoms with Gasteiger partial charge in [0.1, 0.15) is 5.75 Å². The fraction of sp³-hybridized carbons (Fsp3) is 0.357. The lowest BCUT2D eigenvalue weighted by Crippen LogP contribution is -2.38. The molecule has 8 nitrogen and oxygen atoms in total. The lowest BCUT2D eigenvalue weighted by atomic mass is 9.93. The lowest BCUT2D eigenvalue weighted by Gasteiger charge is -2.34. The number of hydrogen-bond donors (Lipinski definition) is 1. The van der Waals surface area contributed by atoms with Crippen LogP contribution in [-0.4, -0.2) is 44.6 Å². The minimum Gasteiger partial charge on any atom is -0.434 e. The Hall–Kier alpha value is -4.00. The van der Waals surface area contributed by atoms with Crippen LogP contribution < -0.4 is 10.1 Å². The maximum absolute atomic E-state index is 15.0. The predicted octanol–water partition coefficient (Wildman–Crippen LogP) is 6.85. The van der Waals surface area contributed by atoms with Crippen LogP contribution in [-0.2, 0) is 9.59 Å². The predicted molar refractivity (Wildman–Crippen MR) is 143 cm³/mol. The van der Waals surface area contributed by atoms with Gasteiger partial charge in [0.2, 0.25) is 11.8 Å². The van der Waals surface area contributed by atoms with Crippen molar-refractivity contribution in [2.24, 2.45) is 5.92 Å². The molecule has 2 aliphatic rings. The van der Waals surface area contributed by atoms with Crippen molar-refractivity contribution >= 4 is 34.7 Å². The fourth-order valence-electron chi connectivity index (χ4n) is 5.32. The number of pyridine rings is 1. The van der Waals surface area contributed by atoms with Crippen molar-refractivity contribution in [3.8, 4) is 17.0 Å². The third-order valence-corrected chi connectivity index (χ3v) is 7.66. The Morgan fingerprint density at radius 3 is 2.64 bits per heavy atom. The molecule has 5 rings (SSSR count). The van der Waals surface area contributed by atoms with Crippen molar-refractivity contribution in [2.75, 3.05) is 11.9 Å². The molecule has 2 aliphatic heterocycles. The molecular weight excluding hydrogens is 585 g/mol. The molecular formula is C28H25ClF5N5O3. The maximum atomic E-state index is 15.0. The van der Waals surface area contributed by atoms with Crippen LogP contribution in [0.25, 0.3) is 16.8 Å².